The summed E-state index contributed by atoms with van der Waals surface area (Å²) in [6.07, 6.45) is 1.01. The summed E-state index contributed by atoms with van der Waals surface area (Å²) in [7, 11) is 2.44. The summed E-state index contributed by atoms with van der Waals surface area (Å²) in [6, 6.07) is 0. The van der Waals surface area contributed by atoms with E-state index >= 15 is 0 Å². The molecule has 6 heteroatoms. The summed E-state index contributed by atoms with van der Waals surface area (Å²) in [5, 5.41) is 2.57. The van der Waals surface area contributed by atoms with Crippen molar-refractivity contribution in [2.45, 2.75) is 0 Å². The van der Waals surface area contributed by atoms with Crippen LogP contribution in [-0.2, 0) is 51.8 Å². The minimum Gasteiger partial charge on any atom is -0.466 e. The first kappa shape index (κ1) is 16.0. The number of rotatable bonds is 4. The molecule has 0 bridgehead atoms. The van der Waals surface area contributed by atoms with Crippen LogP contribution in [0.5, 0.6) is 0 Å². The van der Waals surface area contributed by atoms with Crippen molar-refractivity contribution in [1.29, 1.82) is 0 Å². The fourth-order valence-electron chi connectivity index (χ4n) is 0.604. The summed E-state index contributed by atoms with van der Waals surface area (Å²) < 4.78 is 8.74. The second-order valence-electron chi connectivity index (χ2n) is 2.00. The quantitative estimate of drug-likeness (QED) is 0.431. The van der Waals surface area contributed by atoms with Gasteiger partial charge in [0.25, 0.3) is 0 Å². The Kier molecular flexibility index (Phi) is 10.5. The van der Waals surface area contributed by atoms with Crippen molar-refractivity contribution in [3.63, 3.8) is 0 Å². The van der Waals surface area contributed by atoms with Crippen molar-refractivity contribution < 1.29 is 51.8 Å². The van der Waals surface area contributed by atoms with Crippen molar-refractivity contribution in [1.82, 2.24) is 5.32 Å². The molecule has 0 aromatic heterocycles. The van der Waals surface area contributed by atoms with E-state index in [4.69, 9.17) is 0 Å². The molecule has 0 aliphatic heterocycles. The number of carbonyl (C=O) groups is 2. The zero-order chi connectivity index (χ0) is 10.3. The van der Waals surface area contributed by atoms with Crippen LogP contribution in [0.15, 0.2) is 11.8 Å². The molecule has 0 unspecified atom stereocenters. The van der Waals surface area contributed by atoms with Gasteiger partial charge in [0.15, 0.2) is 0 Å². The number of ether oxygens (including phenoxy) is 2. The Morgan fingerprint density at radius 2 is 1.93 bits per heavy atom. The van der Waals surface area contributed by atoms with Crippen molar-refractivity contribution in [3.8, 4) is 0 Å². The molecule has 0 saturated carbocycles. The number of esters is 2. The van der Waals surface area contributed by atoms with Gasteiger partial charge in [-0.1, -0.05) is 0 Å². The van der Waals surface area contributed by atoms with Crippen molar-refractivity contribution >= 4 is 11.9 Å². The molecule has 0 fully saturated rings. The number of hydrogen-bond donors (Lipinski definition) is 1. The number of nitrogens with one attached hydrogen (secondary N) is 1. The first-order valence-electron chi connectivity index (χ1n) is 3.56. The zero-order valence-corrected chi connectivity index (χ0v) is 11.0. The van der Waals surface area contributed by atoms with Gasteiger partial charge in [0.1, 0.15) is 5.70 Å². The molecule has 0 heterocycles. The molecule has 0 aromatic rings. The van der Waals surface area contributed by atoms with Crippen LogP contribution in [0, 0.1) is 6.92 Å². The van der Waals surface area contributed by atoms with Crippen molar-refractivity contribution in [2.24, 2.45) is 0 Å². The van der Waals surface area contributed by atoms with Gasteiger partial charge in [-0.2, -0.15) is 0 Å². The van der Waals surface area contributed by atoms with E-state index in [1.54, 1.807) is 0 Å². The standard InChI is InChI=1S/C8H12NO4.Y/c1-4-9-6(8(11)13-3)5-7(10)12-2;/h5,9H,1,4H2,2-3H3;/q-1;/b6-5+;. The third kappa shape index (κ3) is 6.10. The fraction of sp³-hybridized carbons (Fsp3) is 0.375. The van der Waals surface area contributed by atoms with E-state index < -0.39 is 11.9 Å². The molecule has 0 rings (SSSR count). The van der Waals surface area contributed by atoms with Crippen molar-refractivity contribution in [2.75, 3.05) is 20.8 Å². The summed E-state index contributed by atoms with van der Waals surface area (Å²) in [4.78, 5) is 21.7. The van der Waals surface area contributed by atoms with Crippen LogP contribution in [0.25, 0.3) is 0 Å². The van der Waals surface area contributed by atoms with E-state index in [1.165, 1.54) is 14.2 Å². The molecule has 0 aliphatic carbocycles. The summed E-state index contributed by atoms with van der Waals surface area (Å²) >= 11 is 0. The minimum atomic E-state index is -0.631. The van der Waals surface area contributed by atoms with Crippen molar-refractivity contribution in [3.05, 3.63) is 18.7 Å². The molecule has 1 radical (unpaired) electrons. The second-order valence-corrected chi connectivity index (χ2v) is 2.00. The first-order valence-corrected chi connectivity index (χ1v) is 3.56. The van der Waals surface area contributed by atoms with Gasteiger partial charge < -0.3 is 21.7 Å². The molecule has 0 amide bonds. The maximum absolute atomic E-state index is 11.0. The molecule has 0 atom stereocenters. The topological polar surface area (TPSA) is 64.6 Å². The molecular weight excluding hydrogens is 263 g/mol. The third-order valence-corrected chi connectivity index (χ3v) is 1.18. The van der Waals surface area contributed by atoms with Crippen LogP contribution in [0.4, 0.5) is 0 Å². The van der Waals surface area contributed by atoms with Gasteiger partial charge in [0.2, 0.25) is 0 Å². The summed E-state index contributed by atoms with van der Waals surface area (Å²) in [6.45, 7) is 3.74. The van der Waals surface area contributed by atoms with Gasteiger partial charge in [-0.3, -0.25) is 0 Å². The largest absolute Gasteiger partial charge is 0.466 e. The monoisotopic (exact) mass is 275 g/mol. The van der Waals surface area contributed by atoms with E-state index in [0.29, 0.717) is 0 Å². The Labute approximate surface area is 108 Å². The second kappa shape index (κ2) is 9.15. The van der Waals surface area contributed by atoms with Gasteiger partial charge in [-0.05, 0) is 0 Å². The average Bonchev–Trinajstić information content (AvgIpc) is 2.15. The third-order valence-electron chi connectivity index (χ3n) is 1.18. The van der Waals surface area contributed by atoms with Crippen LogP contribution in [0.1, 0.15) is 0 Å². The Morgan fingerprint density at radius 3 is 2.29 bits per heavy atom. The molecule has 14 heavy (non-hydrogen) atoms. The molecule has 0 saturated heterocycles. The number of methoxy groups -OCH3 is 2. The molecule has 5 nitrogen and oxygen atoms in total. The average molecular weight is 275 g/mol. The maximum atomic E-state index is 11.0. The van der Waals surface area contributed by atoms with Gasteiger partial charge in [0, 0.05) is 32.7 Å². The van der Waals surface area contributed by atoms with E-state index in [2.05, 4.69) is 21.7 Å². The molecule has 1 N–H and O–H groups in total. The Hall–Kier alpha value is -0.416. The number of hydrogen-bond acceptors (Lipinski definition) is 5. The van der Waals surface area contributed by atoms with Crippen LogP contribution >= 0.6 is 0 Å². The fourth-order valence-corrected chi connectivity index (χ4v) is 0.604. The minimum absolute atomic E-state index is 0. The zero-order valence-electron chi connectivity index (χ0n) is 8.20. The van der Waals surface area contributed by atoms with E-state index in [9.17, 15) is 9.59 Å². The summed E-state index contributed by atoms with van der Waals surface area (Å²) in [5.41, 5.74) is 0.0318. The predicted octanol–water partition coefficient (Wildman–Crippen LogP) is -0.363. The molecule has 0 spiro atoms. The van der Waals surface area contributed by atoms with Crippen LogP contribution in [0.3, 0.4) is 0 Å². The maximum Gasteiger partial charge on any atom is 0.354 e. The Balaban J connectivity index is 0. The van der Waals surface area contributed by atoms with E-state index in [-0.39, 0.29) is 45.0 Å². The molecule has 0 aromatic carbocycles. The van der Waals surface area contributed by atoms with Crippen LogP contribution in [-0.4, -0.2) is 32.7 Å². The molecule has 77 valence electrons. The van der Waals surface area contributed by atoms with E-state index in [1.807, 2.05) is 0 Å². The van der Waals surface area contributed by atoms with Gasteiger partial charge >= 0.3 is 11.9 Å². The Bertz CT molecular complexity index is 227. The molecule has 0 aliphatic rings. The van der Waals surface area contributed by atoms with Gasteiger partial charge in [-0.25, -0.2) is 9.59 Å². The smallest absolute Gasteiger partial charge is 0.354 e. The predicted molar refractivity (Wildman–Crippen MR) is 45.5 cm³/mol. The van der Waals surface area contributed by atoms with Crippen LogP contribution in [0.2, 0.25) is 0 Å². The SMILES string of the molecule is [CH2-]CN/C(=C/C(=O)OC)C(=O)OC.[Y]. The van der Waals surface area contributed by atoms with E-state index in [0.717, 1.165) is 6.08 Å². The van der Waals surface area contributed by atoms with Crippen LogP contribution < -0.4 is 5.32 Å². The summed E-state index contributed by atoms with van der Waals surface area (Å²) in [5.74, 6) is -1.25. The van der Waals surface area contributed by atoms with Gasteiger partial charge in [-0.15, -0.1) is 6.54 Å². The number of carbonyl (C=O) groups excluding carboxylic acids is 2. The van der Waals surface area contributed by atoms with Gasteiger partial charge in [0.05, 0.1) is 20.3 Å². The normalized spacial score (nSPS) is 9.79. The first-order chi connectivity index (χ1) is 6.15. The Morgan fingerprint density at radius 1 is 1.36 bits per heavy atom. The molecular formula is C8H12NO4Y-.